The molecule has 0 saturated carbocycles. The van der Waals surface area contributed by atoms with E-state index in [1.165, 1.54) is 0 Å². The van der Waals surface area contributed by atoms with Gasteiger partial charge >= 0.3 is 0 Å². The first-order valence-electron chi connectivity index (χ1n) is 3.98. The predicted molar refractivity (Wildman–Crippen MR) is 53.9 cm³/mol. The van der Waals surface area contributed by atoms with Gasteiger partial charge in [0.05, 0.1) is 7.11 Å². The molecule has 1 heterocycles. The van der Waals surface area contributed by atoms with Crippen molar-refractivity contribution in [3.63, 3.8) is 0 Å². The Balaban J connectivity index is 2.60. The highest BCUT2D eigenvalue weighted by Crippen LogP contribution is 2.22. The van der Waals surface area contributed by atoms with E-state index in [1.54, 1.807) is 19.2 Å². The first-order valence-corrected chi connectivity index (χ1v) is 5.09. The lowest BCUT2D eigenvalue weighted by atomic mass is 10.2. The molecular formula is C9H9NO3S. The van der Waals surface area contributed by atoms with E-state index in [2.05, 4.69) is 4.98 Å². The van der Waals surface area contributed by atoms with Crippen LogP contribution in [0.5, 0.6) is 5.75 Å². The Bertz CT molecular complexity index is 492. The molecule has 0 radical (unpaired) electrons. The normalized spacial score (nSPS) is 13.0. The van der Waals surface area contributed by atoms with E-state index in [0.717, 1.165) is 16.7 Å². The molecule has 0 spiro atoms. The van der Waals surface area contributed by atoms with E-state index >= 15 is 0 Å². The summed E-state index contributed by atoms with van der Waals surface area (Å²) < 4.78 is 24.7. The van der Waals surface area contributed by atoms with Gasteiger partial charge in [0, 0.05) is 10.9 Å². The molecule has 1 atom stereocenters. The van der Waals surface area contributed by atoms with Crippen LogP contribution in [0.4, 0.5) is 0 Å². The number of benzene rings is 1. The molecule has 0 bridgehead atoms. The fourth-order valence-corrected chi connectivity index (χ4v) is 1.73. The summed E-state index contributed by atoms with van der Waals surface area (Å²) in [4.78, 5) is 2.84. The van der Waals surface area contributed by atoms with Crippen molar-refractivity contribution >= 4 is 22.0 Å². The molecule has 0 saturated heterocycles. The van der Waals surface area contributed by atoms with Gasteiger partial charge in [0.2, 0.25) is 11.1 Å². The molecule has 74 valence electrons. The lowest BCUT2D eigenvalue weighted by molar-refractivity contribution is 0.415. The van der Waals surface area contributed by atoms with E-state index in [9.17, 15) is 4.21 Å². The summed E-state index contributed by atoms with van der Waals surface area (Å²) in [7, 11) is 1.58. The van der Waals surface area contributed by atoms with Crippen molar-refractivity contribution in [2.24, 2.45) is 0 Å². The van der Waals surface area contributed by atoms with Gasteiger partial charge in [-0.2, -0.15) is 0 Å². The molecule has 4 nitrogen and oxygen atoms in total. The molecule has 14 heavy (non-hydrogen) atoms. The molecule has 1 unspecified atom stereocenters. The van der Waals surface area contributed by atoms with Crippen LogP contribution in [0, 0.1) is 0 Å². The minimum Gasteiger partial charge on any atom is -0.497 e. The topological polar surface area (TPSA) is 62.3 Å². The number of hydrogen-bond donors (Lipinski definition) is 2. The summed E-state index contributed by atoms with van der Waals surface area (Å²) in [5.41, 5.74) is 0.822. The monoisotopic (exact) mass is 211 g/mol. The van der Waals surface area contributed by atoms with E-state index in [4.69, 9.17) is 9.29 Å². The zero-order valence-corrected chi connectivity index (χ0v) is 8.30. The Morgan fingerprint density at radius 1 is 1.43 bits per heavy atom. The first-order chi connectivity index (χ1) is 6.70. The maximum Gasteiger partial charge on any atom is 0.203 e. The van der Waals surface area contributed by atoms with Crippen LogP contribution in [-0.2, 0) is 11.1 Å². The van der Waals surface area contributed by atoms with Crippen molar-refractivity contribution in [3.8, 4) is 5.75 Å². The van der Waals surface area contributed by atoms with E-state index in [0.29, 0.717) is 5.03 Å². The van der Waals surface area contributed by atoms with Crippen LogP contribution < -0.4 is 4.74 Å². The molecule has 1 aromatic carbocycles. The maximum atomic E-state index is 10.8. The molecule has 2 N–H and O–H groups in total. The van der Waals surface area contributed by atoms with Crippen LogP contribution >= 0.6 is 0 Å². The second-order valence-corrected chi connectivity index (χ2v) is 3.77. The van der Waals surface area contributed by atoms with Crippen molar-refractivity contribution in [2.45, 2.75) is 5.03 Å². The largest absolute Gasteiger partial charge is 0.497 e. The molecule has 0 aliphatic carbocycles. The number of nitrogens with one attached hydrogen (secondary N) is 1. The van der Waals surface area contributed by atoms with Gasteiger partial charge in [0.15, 0.2) is 0 Å². The molecule has 0 amide bonds. The lowest BCUT2D eigenvalue weighted by Crippen LogP contribution is -1.85. The number of hydrogen-bond acceptors (Lipinski definition) is 2. The van der Waals surface area contributed by atoms with E-state index in [1.807, 2.05) is 12.1 Å². The van der Waals surface area contributed by atoms with Gasteiger partial charge in [-0.15, -0.1) is 0 Å². The Morgan fingerprint density at radius 2 is 2.21 bits per heavy atom. The first kappa shape index (κ1) is 9.23. The molecule has 1 aromatic heterocycles. The summed E-state index contributed by atoms with van der Waals surface area (Å²) in [5.74, 6) is 0.728. The third-order valence-corrected chi connectivity index (χ3v) is 2.59. The second-order valence-electron chi connectivity index (χ2n) is 2.84. The number of aromatic nitrogens is 1. The Hall–Kier alpha value is -1.33. The number of rotatable bonds is 2. The highest BCUT2D eigenvalue weighted by atomic mass is 32.2. The van der Waals surface area contributed by atoms with Gasteiger partial charge in [-0.3, -0.25) is 0 Å². The van der Waals surface area contributed by atoms with Gasteiger partial charge in [-0.1, -0.05) is 0 Å². The number of fused-ring (bicyclic) bond motifs is 1. The van der Waals surface area contributed by atoms with Crippen molar-refractivity contribution in [1.82, 2.24) is 4.98 Å². The highest BCUT2D eigenvalue weighted by Gasteiger charge is 2.05. The number of aromatic amines is 1. The number of ether oxygens (including phenoxy) is 1. The zero-order valence-electron chi connectivity index (χ0n) is 7.48. The molecule has 2 aromatic rings. The van der Waals surface area contributed by atoms with E-state index < -0.39 is 11.1 Å². The van der Waals surface area contributed by atoms with Gasteiger partial charge in [-0.05, 0) is 24.3 Å². The van der Waals surface area contributed by atoms with Gasteiger partial charge < -0.3 is 14.3 Å². The van der Waals surface area contributed by atoms with Crippen molar-refractivity contribution < 1.29 is 13.5 Å². The van der Waals surface area contributed by atoms with Gasteiger partial charge in [0.1, 0.15) is 10.8 Å². The van der Waals surface area contributed by atoms with Gasteiger partial charge in [-0.25, -0.2) is 4.21 Å². The Labute approximate surface area is 83.2 Å². The summed E-state index contributed by atoms with van der Waals surface area (Å²) in [6.07, 6.45) is 0. The number of H-pyrrole nitrogens is 1. The van der Waals surface area contributed by atoms with Crippen LogP contribution in [0.25, 0.3) is 10.9 Å². The number of methoxy groups -OCH3 is 1. The minimum absolute atomic E-state index is 0.299. The van der Waals surface area contributed by atoms with Crippen LogP contribution in [0.1, 0.15) is 0 Å². The van der Waals surface area contributed by atoms with Crippen LogP contribution in [0.3, 0.4) is 0 Å². The third-order valence-electron chi connectivity index (χ3n) is 1.99. The molecular weight excluding hydrogens is 202 g/mol. The quantitative estimate of drug-likeness (QED) is 0.744. The highest BCUT2D eigenvalue weighted by molar-refractivity contribution is 7.79. The standard InChI is InChI=1S/C9H9NO3S/c1-13-7-2-3-8-6(4-7)5-9(10-8)14(11)12/h2-5,10H,1H3,(H,11,12). The third kappa shape index (κ3) is 1.51. The maximum absolute atomic E-state index is 10.8. The second kappa shape index (κ2) is 3.43. The summed E-state index contributed by atoms with van der Waals surface area (Å²) >= 11 is -1.97. The predicted octanol–water partition coefficient (Wildman–Crippen LogP) is 1.76. The Kier molecular flexibility index (Phi) is 2.26. The molecule has 0 fully saturated rings. The van der Waals surface area contributed by atoms with E-state index in [-0.39, 0.29) is 0 Å². The van der Waals surface area contributed by atoms with Crippen molar-refractivity contribution in [1.29, 1.82) is 0 Å². The van der Waals surface area contributed by atoms with Crippen LogP contribution in [-0.4, -0.2) is 20.9 Å². The lowest BCUT2D eigenvalue weighted by Gasteiger charge is -1.97. The minimum atomic E-state index is -1.97. The summed E-state index contributed by atoms with van der Waals surface area (Å²) in [6.45, 7) is 0. The molecule has 2 rings (SSSR count). The molecule has 5 heteroatoms. The molecule has 0 aliphatic heterocycles. The summed E-state index contributed by atoms with van der Waals surface area (Å²) in [5, 5.41) is 1.16. The van der Waals surface area contributed by atoms with Crippen molar-refractivity contribution in [2.75, 3.05) is 7.11 Å². The van der Waals surface area contributed by atoms with Crippen molar-refractivity contribution in [3.05, 3.63) is 24.3 Å². The fourth-order valence-electron chi connectivity index (χ4n) is 1.31. The van der Waals surface area contributed by atoms with Crippen LogP contribution in [0.2, 0.25) is 0 Å². The molecule has 0 aliphatic rings. The Morgan fingerprint density at radius 3 is 2.86 bits per heavy atom. The average Bonchev–Trinajstić information content (AvgIpc) is 2.59. The summed E-state index contributed by atoms with van der Waals surface area (Å²) in [6, 6.07) is 7.05. The SMILES string of the molecule is COc1ccc2[nH]c(S(=O)O)cc2c1. The smallest absolute Gasteiger partial charge is 0.203 e. The van der Waals surface area contributed by atoms with Crippen LogP contribution in [0.15, 0.2) is 29.3 Å². The fraction of sp³-hybridized carbons (Fsp3) is 0.111. The average molecular weight is 211 g/mol. The zero-order chi connectivity index (χ0) is 10.1. The van der Waals surface area contributed by atoms with Gasteiger partial charge in [0.25, 0.3) is 0 Å².